The number of carbonyl (C=O) groups excluding carboxylic acids is 2. The minimum Gasteiger partial charge on any atom is -0.493 e. The highest BCUT2D eigenvalue weighted by molar-refractivity contribution is 6.07. The predicted molar refractivity (Wildman–Crippen MR) is 119 cm³/mol. The molecule has 0 radical (unpaired) electrons. The number of carbonyl (C=O) groups is 2. The van der Waals surface area contributed by atoms with E-state index in [-0.39, 0.29) is 12.5 Å². The quantitative estimate of drug-likeness (QED) is 0.441. The molecular formula is C24H20N2O5. The Kier molecular flexibility index (Phi) is 5.57. The standard InChI is InChI=1S/C24H20N2O5/c1-29-22-12-15(6-10-20(22)30-14-23(25)27)7-11-24(28)26-16-8-9-18-17-4-2-3-5-19(17)31-21(18)13-16/h2-13H,14H2,1H3,(H2,25,27)(H,26,28)/b11-7+. The van der Waals surface area contributed by atoms with Crippen LogP contribution in [0, 0.1) is 0 Å². The molecule has 4 rings (SSSR count). The zero-order valence-electron chi connectivity index (χ0n) is 16.8. The number of anilines is 1. The Balaban J connectivity index is 1.46. The number of nitrogens with two attached hydrogens (primary N) is 1. The molecule has 0 aliphatic rings. The van der Waals surface area contributed by atoms with E-state index in [4.69, 9.17) is 19.6 Å². The molecule has 0 atom stereocenters. The van der Waals surface area contributed by atoms with E-state index >= 15 is 0 Å². The number of rotatable bonds is 7. The predicted octanol–water partition coefficient (Wildman–Crippen LogP) is 4.11. The second-order valence-corrected chi connectivity index (χ2v) is 6.80. The van der Waals surface area contributed by atoms with E-state index in [9.17, 15) is 9.59 Å². The second kappa shape index (κ2) is 8.62. The molecular weight excluding hydrogens is 396 g/mol. The third kappa shape index (κ3) is 4.51. The van der Waals surface area contributed by atoms with Crippen LogP contribution in [0.5, 0.6) is 11.5 Å². The Morgan fingerprint density at radius 1 is 1.00 bits per heavy atom. The van der Waals surface area contributed by atoms with Crippen molar-refractivity contribution in [3.05, 3.63) is 72.3 Å². The van der Waals surface area contributed by atoms with Crippen molar-refractivity contribution in [2.24, 2.45) is 5.73 Å². The number of para-hydroxylation sites is 1. The first-order chi connectivity index (χ1) is 15.0. The molecule has 0 fully saturated rings. The maximum Gasteiger partial charge on any atom is 0.255 e. The summed E-state index contributed by atoms with van der Waals surface area (Å²) in [6, 6.07) is 18.4. The van der Waals surface area contributed by atoms with Crippen molar-refractivity contribution in [1.82, 2.24) is 0 Å². The SMILES string of the molecule is COc1cc(/C=C/C(=O)Nc2ccc3c(c2)oc2ccccc23)ccc1OCC(N)=O. The normalized spacial score (nSPS) is 11.1. The molecule has 3 aromatic carbocycles. The van der Waals surface area contributed by atoms with Gasteiger partial charge in [-0.2, -0.15) is 0 Å². The zero-order valence-corrected chi connectivity index (χ0v) is 16.8. The summed E-state index contributed by atoms with van der Waals surface area (Å²) in [7, 11) is 1.49. The molecule has 0 saturated heterocycles. The van der Waals surface area contributed by atoms with Gasteiger partial charge >= 0.3 is 0 Å². The highest BCUT2D eigenvalue weighted by atomic mass is 16.5. The summed E-state index contributed by atoms with van der Waals surface area (Å²) in [5, 5.41) is 4.86. The van der Waals surface area contributed by atoms with E-state index < -0.39 is 5.91 Å². The van der Waals surface area contributed by atoms with Crippen molar-refractivity contribution in [1.29, 1.82) is 0 Å². The molecule has 7 nitrogen and oxygen atoms in total. The highest BCUT2D eigenvalue weighted by Gasteiger charge is 2.09. The fourth-order valence-corrected chi connectivity index (χ4v) is 3.22. The van der Waals surface area contributed by atoms with Crippen LogP contribution in [0.3, 0.4) is 0 Å². The molecule has 2 amide bonds. The van der Waals surface area contributed by atoms with Gasteiger partial charge < -0.3 is 24.9 Å². The van der Waals surface area contributed by atoms with Crippen molar-refractivity contribution >= 4 is 45.5 Å². The topological polar surface area (TPSA) is 104 Å². The molecule has 7 heteroatoms. The molecule has 0 bridgehead atoms. The molecule has 0 aliphatic heterocycles. The lowest BCUT2D eigenvalue weighted by Gasteiger charge is -2.10. The van der Waals surface area contributed by atoms with E-state index in [2.05, 4.69) is 5.32 Å². The van der Waals surface area contributed by atoms with Crippen LogP contribution in [0.4, 0.5) is 5.69 Å². The number of benzene rings is 3. The lowest BCUT2D eigenvalue weighted by Crippen LogP contribution is -2.20. The van der Waals surface area contributed by atoms with E-state index in [0.29, 0.717) is 22.8 Å². The highest BCUT2D eigenvalue weighted by Crippen LogP contribution is 2.31. The van der Waals surface area contributed by atoms with Crippen LogP contribution >= 0.6 is 0 Å². The van der Waals surface area contributed by atoms with Gasteiger partial charge in [0.1, 0.15) is 11.2 Å². The number of primary amides is 1. The van der Waals surface area contributed by atoms with Crippen molar-refractivity contribution in [2.75, 3.05) is 19.0 Å². The average molecular weight is 416 g/mol. The molecule has 0 saturated carbocycles. The molecule has 0 unspecified atom stereocenters. The first kappa shape index (κ1) is 20.0. The van der Waals surface area contributed by atoms with Crippen molar-refractivity contribution in [3.8, 4) is 11.5 Å². The number of methoxy groups -OCH3 is 1. The van der Waals surface area contributed by atoms with Gasteiger partial charge in [-0.15, -0.1) is 0 Å². The van der Waals surface area contributed by atoms with Gasteiger partial charge in [0.25, 0.3) is 5.91 Å². The van der Waals surface area contributed by atoms with Gasteiger partial charge in [0, 0.05) is 28.6 Å². The minimum atomic E-state index is -0.580. The van der Waals surface area contributed by atoms with Crippen molar-refractivity contribution in [3.63, 3.8) is 0 Å². The molecule has 4 aromatic rings. The summed E-state index contributed by atoms with van der Waals surface area (Å²) < 4.78 is 16.4. The van der Waals surface area contributed by atoms with Crippen LogP contribution in [0.1, 0.15) is 5.56 Å². The fourth-order valence-electron chi connectivity index (χ4n) is 3.22. The third-order valence-electron chi connectivity index (χ3n) is 4.63. The van der Waals surface area contributed by atoms with Gasteiger partial charge in [-0.05, 0) is 42.0 Å². The van der Waals surface area contributed by atoms with Gasteiger partial charge in [-0.1, -0.05) is 24.3 Å². The monoisotopic (exact) mass is 416 g/mol. The second-order valence-electron chi connectivity index (χ2n) is 6.80. The number of ether oxygens (including phenoxy) is 2. The largest absolute Gasteiger partial charge is 0.493 e. The molecule has 1 heterocycles. The van der Waals surface area contributed by atoms with Crippen LogP contribution in [0.2, 0.25) is 0 Å². The van der Waals surface area contributed by atoms with Gasteiger partial charge in [0.05, 0.1) is 7.11 Å². The average Bonchev–Trinajstić information content (AvgIpc) is 3.14. The van der Waals surface area contributed by atoms with Crippen molar-refractivity contribution in [2.45, 2.75) is 0 Å². The third-order valence-corrected chi connectivity index (χ3v) is 4.63. The van der Waals surface area contributed by atoms with E-state index in [1.807, 2.05) is 36.4 Å². The van der Waals surface area contributed by atoms with Gasteiger partial charge in [-0.3, -0.25) is 9.59 Å². The lowest BCUT2D eigenvalue weighted by atomic mass is 10.1. The smallest absolute Gasteiger partial charge is 0.255 e. The Bertz CT molecular complexity index is 1310. The maximum atomic E-state index is 12.4. The van der Waals surface area contributed by atoms with Crippen LogP contribution in [-0.2, 0) is 9.59 Å². The Morgan fingerprint density at radius 3 is 2.61 bits per heavy atom. The van der Waals surface area contributed by atoms with Gasteiger partial charge in [-0.25, -0.2) is 0 Å². The molecule has 31 heavy (non-hydrogen) atoms. The summed E-state index contributed by atoms with van der Waals surface area (Å²) in [6.45, 7) is -0.247. The van der Waals surface area contributed by atoms with E-state index in [0.717, 1.165) is 21.9 Å². The summed E-state index contributed by atoms with van der Waals surface area (Å²) in [5.74, 6) is -0.0480. The Labute approximate surface area is 178 Å². The van der Waals surface area contributed by atoms with Crippen LogP contribution in [0.15, 0.2) is 71.2 Å². The molecule has 0 spiro atoms. The number of hydrogen-bond donors (Lipinski definition) is 2. The number of fused-ring (bicyclic) bond motifs is 3. The summed E-state index contributed by atoms with van der Waals surface area (Å²) in [4.78, 5) is 23.2. The fraction of sp³-hybridized carbons (Fsp3) is 0.0833. The Morgan fingerprint density at radius 2 is 1.81 bits per heavy atom. The molecule has 0 aliphatic carbocycles. The summed E-state index contributed by atoms with van der Waals surface area (Å²) in [6.07, 6.45) is 3.07. The molecule has 156 valence electrons. The van der Waals surface area contributed by atoms with Crippen molar-refractivity contribution < 1.29 is 23.5 Å². The number of nitrogens with one attached hydrogen (secondary N) is 1. The summed E-state index contributed by atoms with van der Waals surface area (Å²) >= 11 is 0. The number of furan rings is 1. The Hall–Kier alpha value is -4.26. The van der Waals surface area contributed by atoms with Gasteiger partial charge in [0.2, 0.25) is 5.91 Å². The van der Waals surface area contributed by atoms with Crippen LogP contribution in [0.25, 0.3) is 28.0 Å². The molecule has 3 N–H and O–H groups in total. The van der Waals surface area contributed by atoms with E-state index in [1.54, 1.807) is 30.3 Å². The van der Waals surface area contributed by atoms with Gasteiger partial charge in [0.15, 0.2) is 18.1 Å². The van der Waals surface area contributed by atoms with E-state index in [1.165, 1.54) is 13.2 Å². The van der Waals surface area contributed by atoms with Crippen LogP contribution < -0.4 is 20.5 Å². The lowest BCUT2D eigenvalue weighted by molar-refractivity contribution is -0.120. The first-order valence-electron chi connectivity index (χ1n) is 9.53. The zero-order chi connectivity index (χ0) is 21.8. The van der Waals surface area contributed by atoms with Crippen LogP contribution in [-0.4, -0.2) is 25.5 Å². The maximum absolute atomic E-state index is 12.4. The number of amides is 2. The summed E-state index contributed by atoms with van der Waals surface area (Å²) in [5.41, 5.74) is 7.96. The first-order valence-corrected chi connectivity index (χ1v) is 9.53. The minimum absolute atomic E-state index is 0.247. The molecule has 1 aromatic heterocycles. The number of hydrogen-bond acceptors (Lipinski definition) is 5.